The van der Waals surface area contributed by atoms with Crippen molar-refractivity contribution < 1.29 is 10.2 Å². The molecule has 0 bridgehead atoms. The minimum Gasteiger partial charge on any atom is -0.507 e. The lowest BCUT2D eigenvalue weighted by molar-refractivity contribution is 0.378. The van der Waals surface area contributed by atoms with Crippen molar-refractivity contribution >= 4 is 12.4 Å². The lowest BCUT2D eigenvalue weighted by atomic mass is 9.78. The summed E-state index contributed by atoms with van der Waals surface area (Å²) in [7, 11) is 0. The molecule has 2 N–H and O–H groups in total. The van der Waals surface area contributed by atoms with Gasteiger partial charge in [-0.15, -0.1) is 0 Å². The molecule has 0 saturated heterocycles. The molecule has 178 valence electrons. The summed E-state index contributed by atoms with van der Waals surface area (Å²) in [5.74, 6) is 0.638. The molecule has 2 aliphatic carbocycles. The van der Waals surface area contributed by atoms with Gasteiger partial charge in [0.2, 0.25) is 0 Å². The molecule has 3 rings (SSSR count). The number of aliphatic hydroxyl groups is 1. The minimum absolute atomic E-state index is 0.0601. The van der Waals surface area contributed by atoms with Gasteiger partial charge in [-0.05, 0) is 53.4 Å². The van der Waals surface area contributed by atoms with Crippen LogP contribution in [0.5, 0.6) is 5.75 Å². The summed E-state index contributed by atoms with van der Waals surface area (Å²) < 4.78 is 0. The molecule has 1 aromatic rings. The molecule has 2 aliphatic rings. The van der Waals surface area contributed by atoms with Crippen molar-refractivity contribution in [2.75, 3.05) is 0 Å². The minimum atomic E-state index is -0.134. The largest absolute Gasteiger partial charge is 0.507 e. The van der Waals surface area contributed by atoms with E-state index in [9.17, 15) is 10.2 Å². The van der Waals surface area contributed by atoms with Crippen LogP contribution in [0.25, 0.3) is 0 Å². The highest BCUT2D eigenvalue weighted by atomic mass is 16.3. The Balaban J connectivity index is 1.83. The summed E-state index contributed by atoms with van der Waals surface area (Å²) in [4.78, 5) is 9.74. The molecule has 33 heavy (non-hydrogen) atoms. The highest BCUT2D eigenvalue weighted by Gasteiger charge is 2.27. The Morgan fingerprint density at radius 2 is 1.52 bits per heavy atom. The van der Waals surface area contributed by atoms with E-state index in [-0.39, 0.29) is 22.9 Å². The van der Waals surface area contributed by atoms with E-state index in [1.54, 1.807) is 6.21 Å². The molecule has 4 nitrogen and oxygen atoms in total. The first-order valence-corrected chi connectivity index (χ1v) is 12.1. The smallest absolute Gasteiger partial charge is 0.128 e. The van der Waals surface area contributed by atoms with Crippen molar-refractivity contribution in [3.05, 3.63) is 64.5 Å². The van der Waals surface area contributed by atoms with Crippen molar-refractivity contribution in [2.45, 2.75) is 91.1 Å². The number of nitrogens with zero attached hydrogens (tertiary/aromatic N) is 2. The second-order valence-corrected chi connectivity index (χ2v) is 11.5. The van der Waals surface area contributed by atoms with Gasteiger partial charge in [-0.25, -0.2) is 0 Å². The number of aliphatic imine (C=N–C) groups is 2. The number of phenols is 1. The van der Waals surface area contributed by atoms with Gasteiger partial charge < -0.3 is 10.2 Å². The van der Waals surface area contributed by atoms with Gasteiger partial charge in [0, 0.05) is 23.6 Å². The lowest BCUT2D eigenvalue weighted by Crippen LogP contribution is -2.27. The number of para-hydroxylation sites is 1. The fourth-order valence-electron chi connectivity index (χ4n) is 4.61. The summed E-state index contributed by atoms with van der Waals surface area (Å²) in [5, 5.41) is 21.6. The van der Waals surface area contributed by atoms with E-state index in [4.69, 9.17) is 9.98 Å². The number of rotatable bonds is 4. The zero-order valence-electron chi connectivity index (χ0n) is 21.2. The number of aliphatic hydroxyl groups excluding tert-OH is 1. The van der Waals surface area contributed by atoms with Crippen LogP contribution >= 0.6 is 0 Å². The van der Waals surface area contributed by atoms with E-state index < -0.39 is 0 Å². The van der Waals surface area contributed by atoms with E-state index in [0.29, 0.717) is 17.9 Å². The molecule has 0 spiro atoms. The number of hydrogen-bond donors (Lipinski definition) is 2. The lowest BCUT2D eigenvalue weighted by Gasteiger charge is -2.29. The highest BCUT2D eigenvalue weighted by molar-refractivity contribution is 5.86. The van der Waals surface area contributed by atoms with Crippen LogP contribution in [0.3, 0.4) is 0 Å². The summed E-state index contributed by atoms with van der Waals surface area (Å²) in [6, 6.07) is 5.98. The number of allylic oxidation sites excluding steroid dienone is 4. The van der Waals surface area contributed by atoms with Crippen LogP contribution in [0.4, 0.5) is 0 Å². The van der Waals surface area contributed by atoms with Crippen molar-refractivity contribution in [1.82, 2.24) is 0 Å². The van der Waals surface area contributed by atoms with E-state index in [1.165, 1.54) is 0 Å². The predicted molar refractivity (Wildman–Crippen MR) is 140 cm³/mol. The van der Waals surface area contributed by atoms with Crippen LogP contribution in [0.15, 0.2) is 63.3 Å². The standard InChI is InChI=1S/C29H40N2O2/c1-19-15-21(27(33)23(16-19)29(5,6)7)18-31-25-14-9-8-13-24(25)30-17-20-11-10-12-22(26(20)32)28(2,3)4/h10-12,15,17-18,24-25,32-33H,1,8-9,13-14,16H2,2-7H3/t24-,25-/m0/s1. The van der Waals surface area contributed by atoms with Gasteiger partial charge in [0.25, 0.3) is 0 Å². The van der Waals surface area contributed by atoms with Crippen molar-refractivity contribution in [3.8, 4) is 5.75 Å². The Kier molecular flexibility index (Phi) is 7.36. The monoisotopic (exact) mass is 448 g/mol. The molecule has 1 aromatic carbocycles. The fourth-order valence-corrected chi connectivity index (χ4v) is 4.61. The van der Waals surface area contributed by atoms with E-state index in [1.807, 2.05) is 30.5 Å². The maximum absolute atomic E-state index is 10.9. The first kappa shape index (κ1) is 25.0. The van der Waals surface area contributed by atoms with Crippen molar-refractivity contribution in [2.24, 2.45) is 15.4 Å². The van der Waals surface area contributed by atoms with Gasteiger partial charge in [0.15, 0.2) is 0 Å². The quantitative estimate of drug-likeness (QED) is 0.477. The van der Waals surface area contributed by atoms with Gasteiger partial charge in [-0.3, -0.25) is 9.98 Å². The van der Waals surface area contributed by atoms with E-state index in [0.717, 1.165) is 53.5 Å². The van der Waals surface area contributed by atoms with Crippen LogP contribution in [-0.4, -0.2) is 34.7 Å². The maximum atomic E-state index is 10.9. The summed E-state index contributed by atoms with van der Waals surface area (Å²) in [5.41, 5.74) is 4.14. The predicted octanol–water partition coefficient (Wildman–Crippen LogP) is 7.24. The third-order valence-corrected chi connectivity index (χ3v) is 6.61. The van der Waals surface area contributed by atoms with Crippen molar-refractivity contribution in [3.63, 3.8) is 0 Å². The number of benzene rings is 1. The van der Waals surface area contributed by atoms with Crippen LogP contribution < -0.4 is 0 Å². The zero-order chi connectivity index (χ0) is 24.4. The number of phenolic OH excluding ortho intramolecular Hbond substituents is 1. The Bertz CT molecular complexity index is 1010. The molecule has 4 heteroatoms. The molecule has 0 radical (unpaired) electrons. The van der Waals surface area contributed by atoms with Gasteiger partial charge in [0.05, 0.1) is 12.1 Å². The number of aromatic hydroxyl groups is 1. The van der Waals surface area contributed by atoms with Crippen molar-refractivity contribution in [1.29, 1.82) is 0 Å². The first-order valence-electron chi connectivity index (χ1n) is 12.1. The van der Waals surface area contributed by atoms with Gasteiger partial charge in [-0.1, -0.05) is 78.7 Å². The first-order chi connectivity index (χ1) is 15.4. The van der Waals surface area contributed by atoms with Gasteiger partial charge in [-0.2, -0.15) is 0 Å². The maximum Gasteiger partial charge on any atom is 0.128 e. The third kappa shape index (κ3) is 6.04. The fraction of sp³-hybridized carbons (Fsp3) is 0.517. The molecule has 2 atom stereocenters. The summed E-state index contributed by atoms with van der Waals surface area (Å²) >= 11 is 0. The third-order valence-electron chi connectivity index (χ3n) is 6.61. The van der Waals surface area contributed by atoms with E-state index >= 15 is 0 Å². The van der Waals surface area contributed by atoms with Crippen LogP contribution in [-0.2, 0) is 5.41 Å². The molecular formula is C29H40N2O2. The summed E-state index contributed by atoms with van der Waals surface area (Å²) in [6.45, 7) is 16.8. The van der Waals surface area contributed by atoms with E-state index in [2.05, 4.69) is 48.1 Å². The molecular weight excluding hydrogens is 408 g/mol. The molecule has 1 fully saturated rings. The topological polar surface area (TPSA) is 65.2 Å². The zero-order valence-corrected chi connectivity index (χ0v) is 21.2. The number of hydrogen-bond acceptors (Lipinski definition) is 4. The Morgan fingerprint density at radius 1 is 0.909 bits per heavy atom. The molecule has 0 aromatic heterocycles. The second-order valence-electron chi connectivity index (χ2n) is 11.5. The normalized spacial score (nSPS) is 23.0. The summed E-state index contributed by atoms with van der Waals surface area (Å²) in [6.07, 6.45) is 10.4. The molecule has 0 heterocycles. The SMILES string of the molecule is C=C1C=C(C=N[C@H]2CCCC[C@@H]2N=Cc2cccc(C(C)(C)C)c2O)C(O)=C(C(C)(C)C)C1. The molecule has 1 saturated carbocycles. The molecule has 0 aliphatic heterocycles. The Labute approximate surface area is 199 Å². The van der Waals surface area contributed by atoms with Crippen LogP contribution in [0.2, 0.25) is 0 Å². The molecule has 0 unspecified atom stereocenters. The average Bonchev–Trinajstić information content (AvgIpc) is 2.72. The average molecular weight is 449 g/mol. The van der Waals surface area contributed by atoms with Crippen LogP contribution in [0.1, 0.15) is 84.8 Å². The second kappa shape index (κ2) is 9.70. The molecule has 0 amide bonds. The van der Waals surface area contributed by atoms with Gasteiger partial charge in [0.1, 0.15) is 11.5 Å². The highest BCUT2D eigenvalue weighted by Crippen LogP contribution is 2.38. The van der Waals surface area contributed by atoms with Crippen LogP contribution in [0, 0.1) is 5.41 Å². The Morgan fingerprint density at radius 3 is 2.09 bits per heavy atom. The van der Waals surface area contributed by atoms with Gasteiger partial charge >= 0.3 is 0 Å². The Hall–Kier alpha value is -2.62.